The molecule has 3 aromatic carbocycles. The zero-order valence-electron chi connectivity index (χ0n) is 34.1. The molecule has 1 saturated heterocycles. The Morgan fingerprint density at radius 3 is 2.43 bits per heavy atom. The second kappa shape index (κ2) is 16.3. The standard InChI is InChI=1S/C43H39N11O10S/c55-24-7-10-29-35(15-24)62-36-16-25(56)8-11-30(36)43(29)28-9-6-22(13-26(28)41(61)63-43)47-42(65)44-12-2-1-3-31(40(59)60)48-38(57)34-14-23(54-20-33(50-52-54)32-18-45-51-49-32)19-53(34)39(58)27-17-46-64-37(27)21-4-5-21/h6-11,13,15-18,20-21,23,31,34,55-56H,1-5,12,14,19H2,(H,48,57)(H,59,60)(H2,44,47,65)(H,45,49,51)/t23-,31+,34+/m1/s1. The minimum absolute atomic E-state index is 0.0490. The number of nitrogens with one attached hydrogen (secondary N) is 4. The number of thiocarbonyl (C=S) groups is 1. The normalized spacial score (nSPS) is 18.2. The number of H-pyrrole nitrogens is 1. The summed E-state index contributed by atoms with van der Waals surface area (Å²) in [5.41, 5.74) is 2.09. The number of aromatic nitrogens is 7. The Hall–Kier alpha value is -7.88. The van der Waals surface area contributed by atoms with Crippen LogP contribution in [0.3, 0.4) is 0 Å². The number of unbranched alkanes of at least 4 members (excludes halogenated alkanes) is 1. The van der Waals surface area contributed by atoms with Crippen molar-refractivity contribution in [3.8, 4) is 34.4 Å². The Morgan fingerprint density at radius 1 is 0.969 bits per heavy atom. The van der Waals surface area contributed by atoms with Crippen LogP contribution in [-0.2, 0) is 19.9 Å². The molecule has 3 aliphatic heterocycles. The predicted molar refractivity (Wildman–Crippen MR) is 228 cm³/mol. The van der Waals surface area contributed by atoms with E-state index >= 15 is 0 Å². The van der Waals surface area contributed by atoms with Gasteiger partial charge in [-0.2, -0.15) is 15.4 Å². The number of anilines is 1. The van der Waals surface area contributed by atoms with E-state index in [9.17, 15) is 34.5 Å². The summed E-state index contributed by atoms with van der Waals surface area (Å²) < 4.78 is 19.1. The molecule has 6 heterocycles. The molecule has 10 rings (SSSR count). The molecular weight excluding hydrogens is 863 g/mol. The Bertz CT molecular complexity index is 2830. The molecule has 6 aromatic rings. The number of hydrogen-bond acceptors (Lipinski definition) is 15. The van der Waals surface area contributed by atoms with Crippen molar-refractivity contribution >= 4 is 46.8 Å². The van der Waals surface area contributed by atoms with Gasteiger partial charge in [0.25, 0.3) is 5.91 Å². The first-order valence-corrected chi connectivity index (χ1v) is 21.2. The van der Waals surface area contributed by atoms with Crippen LogP contribution in [0.2, 0.25) is 0 Å². The summed E-state index contributed by atoms with van der Waals surface area (Å²) in [6, 6.07) is 11.4. The van der Waals surface area contributed by atoms with Crippen molar-refractivity contribution in [3.63, 3.8) is 0 Å². The van der Waals surface area contributed by atoms with Crippen LogP contribution in [0.15, 0.2) is 77.7 Å². The number of aromatic hydroxyl groups is 2. The first kappa shape index (κ1) is 41.1. The van der Waals surface area contributed by atoms with Crippen molar-refractivity contribution in [2.24, 2.45) is 0 Å². The van der Waals surface area contributed by atoms with Gasteiger partial charge in [-0.15, -0.1) is 5.10 Å². The molecule has 21 nitrogen and oxygen atoms in total. The monoisotopic (exact) mass is 901 g/mol. The molecular formula is C43H39N11O10S. The summed E-state index contributed by atoms with van der Waals surface area (Å²) in [5, 5.41) is 62.3. The minimum Gasteiger partial charge on any atom is -0.508 e. The van der Waals surface area contributed by atoms with E-state index in [2.05, 4.69) is 46.8 Å². The molecule has 3 atom stereocenters. The van der Waals surface area contributed by atoms with Crippen LogP contribution in [0.25, 0.3) is 11.4 Å². The fourth-order valence-corrected chi connectivity index (χ4v) is 8.96. The number of aliphatic carboxylic acids is 1. The fraction of sp³-hybridized carbons (Fsp3) is 0.302. The number of benzene rings is 3. The molecule has 7 N–H and O–H groups in total. The number of likely N-dealkylation sites (tertiary alicyclic amines) is 1. The molecule has 1 aliphatic carbocycles. The zero-order valence-corrected chi connectivity index (χ0v) is 34.9. The van der Waals surface area contributed by atoms with Crippen molar-refractivity contribution < 1.29 is 48.5 Å². The minimum atomic E-state index is -1.41. The number of carbonyl (C=O) groups is 4. The highest BCUT2D eigenvalue weighted by Crippen LogP contribution is 2.57. The number of carboxylic acid groups (broad SMARTS) is 1. The lowest BCUT2D eigenvalue weighted by atomic mass is 9.77. The Labute approximate surface area is 373 Å². The molecule has 22 heteroatoms. The number of rotatable bonds is 13. The third-order valence-electron chi connectivity index (χ3n) is 12.0. The molecule has 1 saturated carbocycles. The SMILES string of the molecule is O=C1OC2(c3ccc(O)cc3Oc3cc(O)ccc32)c2ccc(NC(=S)NCCCC[C@H](NC(=O)[C@@H]3C[C@@H](n4cc(-c5cn[nH]n5)nn4)CN3C(=O)c3cnoc3C3CC3)C(=O)O)cc21. The zero-order chi connectivity index (χ0) is 45.0. The number of carboxylic acids is 1. The highest BCUT2D eigenvalue weighted by atomic mass is 32.1. The number of phenolic OH excluding ortho intramolecular Hbond substituents is 2. The van der Waals surface area contributed by atoms with Gasteiger partial charge in [0, 0.05) is 59.9 Å². The quantitative estimate of drug-likeness (QED) is 0.0488. The summed E-state index contributed by atoms with van der Waals surface area (Å²) in [7, 11) is 0. The summed E-state index contributed by atoms with van der Waals surface area (Å²) in [4.78, 5) is 55.3. The van der Waals surface area contributed by atoms with Crippen molar-refractivity contribution in [2.75, 3.05) is 18.4 Å². The number of fused-ring (bicyclic) bond motifs is 6. The Balaban J connectivity index is 0.764. The maximum absolute atomic E-state index is 14.0. The molecule has 332 valence electrons. The van der Waals surface area contributed by atoms with Crippen LogP contribution >= 0.6 is 12.2 Å². The number of hydrogen-bond donors (Lipinski definition) is 7. The van der Waals surface area contributed by atoms with Gasteiger partial charge in [0.1, 0.15) is 52.0 Å². The van der Waals surface area contributed by atoms with Crippen molar-refractivity contribution in [3.05, 3.63) is 107 Å². The van der Waals surface area contributed by atoms with Crippen molar-refractivity contribution in [1.82, 2.24) is 51.1 Å². The number of ether oxygens (including phenoxy) is 2. The van der Waals surface area contributed by atoms with E-state index in [0.29, 0.717) is 58.9 Å². The van der Waals surface area contributed by atoms with Crippen LogP contribution < -0.4 is 20.7 Å². The molecule has 0 bridgehead atoms. The lowest BCUT2D eigenvalue weighted by Crippen LogP contribution is -2.51. The number of amides is 2. The maximum atomic E-state index is 14.0. The molecule has 2 amide bonds. The fourth-order valence-electron chi connectivity index (χ4n) is 8.74. The highest BCUT2D eigenvalue weighted by Gasteiger charge is 2.54. The van der Waals surface area contributed by atoms with Gasteiger partial charge in [0.05, 0.1) is 30.2 Å². The molecule has 65 heavy (non-hydrogen) atoms. The second-order valence-electron chi connectivity index (χ2n) is 16.3. The van der Waals surface area contributed by atoms with E-state index in [1.54, 1.807) is 41.2 Å². The average molecular weight is 902 g/mol. The van der Waals surface area contributed by atoms with Gasteiger partial charge in [0.2, 0.25) is 5.91 Å². The van der Waals surface area contributed by atoms with Crippen molar-refractivity contribution in [2.45, 2.75) is 68.2 Å². The van der Waals surface area contributed by atoms with Gasteiger partial charge >= 0.3 is 11.9 Å². The third-order valence-corrected chi connectivity index (χ3v) is 12.3. The number of esters is 1. The van der Waals surface area contributed by atoms with Gasteiger partial charge in [-0.3, -0.25) is 9.59 Å². The average Bonchev–Trinajstić information content (AvgIpc) is 3.85. The highest BCUT2D eigenvalue weighted by molar-refractivity contribution is 7.80. The lowest BCUT2D eigenvalue weighted by Gasteiger charge is -2.36. The molecule has 2 fully saturated rings. The summed E-state index contributed by atoms with van der Waals surface area (Å²) in [6.45, 7) is 0.455. The van der Waals surface area contributed by atoms with Gasteiger partial charge in [-0.1, -0.05) is 16.4 Å². The molecule has 1 spiro atoms. The van der Waals surface area contributed by atoms with Crippen LogP contribution in [-0.4, -0.2) is 110 Å². The number of phenols is 2. The van der Waals surface area contributed by atoms with Gasteiger partial charge in [-0.05, 0) is 80.7 Å². The van der Waals surface area contributed by atoms with E-state index in [1.165, 1.54) is 41.6 Å². The first-order chi connectivity index (χ1) is 31.5. The number of carbonyl (C=O) groups excluding carboxylic acids is 3. The van der Waals surface area contributed by atoms with Crippen LogP contribution in [0.4, 0.5) is 5.69 Å². The van der Waals surface area contributed by atoms with Gasteiger partial charge < -0.3 is 50.2 Å². The summed E-state index contributed by atoms with van der Waals surface area (Å²) >= 11 is 5.54. The Kier molecular flexibility index (Phi) is 10.4. The summed E-state index contributed by atoms with van der Waals surface area (Å²) in [6.07, 6.45) is 7.35. The topological polar surface area (TPSA) is 285 Å². The van der Waals surface area contributed by atoms with Crippen LogP contribution in [0, 0.1) is 0 Å². The molecule has 0 unspecified atom stereocenters. The molecule has 4 aliphatic rings. The molecule has 3 aromatic heterocycles. The smallest absolute Gasteiger partial charge is 0.340 e. The van der Waals surface area contributed by atoms with Crippen LogP contribution in [0.5, 0.6) is 23.0 Å². The summed E-state index contributed by atoms with van der Waals surface area (Å²) in [5.74, 6) is -1.89. The van der Waals surface area contributed by atoms with Gasteiger partial charge in [-0.25, -0.2) is 14.3 Å². The van der Waals surface area contributed by atoms with E-state index in [-0.39, 0.29) is 64.5 Å². The van der Waals surface area contributed by atoms with Crippen LogP contribution in [0.1, 0.15) is 93.7 Å². The first-order valence-electron chi connectivity index (χ1n) is 20.8. The maximum Gasteiger partial charge on any atom is 0.340 e. The van der Waals surface area contributed by atoms with Gasteiger partial charge in [0.15, 0.2) is 16.5 Å². The number of aromatic amines is 1. The lowest BCUT2D eigenvalue weighted by molar-refractivity contribution is -0.142. The largest absolute Gasteiger partial charge is 0.508 e. The predicted octanol–water partition coefficient (Wildman–Crippen LogP) is 4.09. The molecule has 0 radical (unpaired) electrons. The van der Waals surface area contributed by atoms with E-state index in [1.807, 2.05) is 0 Å². The Morgan fingerprint density at radius 2 is 1.72 bits per heavy atom. The van der Waals surface area contributed by atoms with E-state index in [4.69, 9.17) is 26.2 Å². The number of nitrogens with zero attached hydrogens (tertiary/aromatic N) is 7. The van der Waals surface area contributed by atoms with E-state index < -0.39 is 47.5 Å². The third kappa shape index (κ3) is 7.59. The van der Waals surface area contributed by atoms with E-state index in [0.717, 1.165) is 12.8 Å². The second-order valence-corrected chi connectivity index (χ2v) is 16.7. The van der Waals surface area contributed by atoms with Crippen molar-refractivity contribution in [1.29, 1.82) is 0 Å².